The number of Topliss-reactive ketones (excluding diaryl/α,β-unsaturated/α-hetero) is 1. The molecule has 0 bridgehead atoms. The Bertz CT molecular complexity index is 1460. The van der Waals surface area contributed by atoms with Crippen LogP contribution in [0.4, 0.5) is 0 Å². The first-order chi connectivity index (χ1) is 15.0. The molecule has 8 heteroatoms. The van der Waals surface area contributed by atoms with E-state index in [9.17, 15) is 9.59 Å². The van der Waals surface area contributed by atoms with Crippen molar-refractivity contribution in [2.24, 2.45) is 0 Å². The molecule has 31 heavy (non-hydrogen) atoms. The van der Waals surface area contributed by atoms with Gasteiger partial charge in [0.25, 0.3) is 5.56 Å². The number of hydrogen-bond acceptors (Lipinski definition) is 6. The molecule has 0 spiro atoms. The van der Waals surface area contributed by atoms with E-state index in [-0.39, 0.29) is 16.6 Å². The molecule has 1 atom stereocenters. The van der Waals surface area contributed by atoms with Crippen molar-refractivity contribution in [3.63, 3.8) is 0 Å². The van der Waals surface area contributed by atoms with Gasteiger partial charge in [-0.2, -0.15) is 0 Å². The summed E-state index contributed by atoms with van der Waals surface area (Å²) in [6.45, 7) is 3.87. The van der Waals surface area contributed by atoms with Gasteiger partial charge >= 0.3 is 0 Å². The highest BCUT2D eigenvalue weighted by atomic mass is 32.2. The number of rotatable bonds is 6. The number of carbonyl (C=O) groups is 1. The Labute approximate surface area is 185 Å². The fraction of sp³-hybridized carbons (Fsp3) is 0.174. The van der Waals surface area contributed by atoms with Gasteiger partial charge in [0, 0.05) is 33.1 Å². The number of H-pyrrole nitrogens is 2. The molecule has 0 amide bonds. The van der Waals surface area contributed by atoms with Gasteiger partial charge in [-0.05, 0) is 32.0 Å². The summed E-state index contributed by atoms with van der Waals surface area (Å²) in [5.41, 5.74) is 3.11. The van der Waals surface area contributed by atoms with E-state index in [4.69, 9.17) is 4.42 Å². The van der Waals surface area contributed by atoms with Crippen molar-refractivity contribution in [1.29, 1.82) is 0 Å². The van der Waals surface area contributed by atoms with E-state index in [2.05, 4.69) is 15.0 Å². The lowest BCUT2D eigenvalue weighted by atomic mass is 10.1. The highest BCUT2D eigenvalue weighted by molar-refractivity contribution is 8.00. The molecule has 0 radical (unpaired) electrons. The molecule has 156 valence electrons. The SMILES string of the molecule is Cc1[nH]c2ccccc2c1C(=O)CSC(C)c1nc2scc(-c3ccco3)c2c(=O)[nH]1. The maximum Gasteiger partial charge on any atom is 0.260 e. The number of thioether (sulfide) groups is 1. The van der Waals surface area contributed by atoms with Crippen molar-refractivity contribution in [3.8, 4) is 11.3 Å². The largest absolute Gasteiger partial charge is 0.464 e. The van der Waals surface area contributed by atoms with Crippen LogP contribution in [0.25, 0.3) is 32.4 Å². The highest BCUT2D eigenvalue weighted by Crippen LogP contribution is 2.33. The molecule has 0 aliphatic rings. The Hall–Kier alpha value is -3.10. The number of aromatic amines is 2. The summed E-state index contributed by atoms with van der Waals surface area (Å²) in [4.78, 5) is 37.2. The van der Waals surface area contributed by atoms with Gasteiger partial charge in [-0.1, -0.05) is 18.2 Å². The number of hydrogen-bond donors (Lipinski definition) is 2. The number of nitrogens with one attached hydrogen (secondary N) is 2. The van der Waals surface area contributed by atoms with E-state index in [0.29, 0.717) is 27.6 Å². The number of thiophene rings is 1. The molecule has 0 saturated carbocycles. The van der Waals surface area contributed by atoms with E-state index in [1.807, 2.05) is 49.6 Å². The number of benzene rings is 1. The van der Waals surface area contributed by atoms with Crippen molar-refractivity contribution < 1.29 is 9.21 Å². The molecule has 5 rings (SSSR count). The Morgan fingerprint density at radius 3 is 2.87 bits per heavy atom. The third-order valence-electron chi connectivity index (χ3n) is 5.27. The summed E-state index contributed by atoms with van der Waals surface area (Å²) in [6, 6.07) is 11.4. The minimum absolute atomic E-state index is 0.0615. The molecule has 5 aromatic rings. The molecule has 4 aromatic heterocycles. The van der Waals surface area contributed by atoms with Crippen LogP contribution in [0, 0.1) is 6.92 Å². The predicted molar refractivity (Wildman–Crippen MR) is 126 cm³/mol. The van der Waals surface area contributed by atoms with Gasteiger partial charge in [0.2, 0.25) is 0 Å². The summed E-state index contributed by atoms with van der Waals surface area (Å²) in [7, 11) is 0. The Balaban J connectivity index is 1.38. The lowest BCUT2D eigenvalue weighted by Gasteiger charge is -2.10. The average molecular weight is 450 g/mol. The standard InChI is InChI=1S/C23H19N3O3S2/c1-12-19(14-6-3-4-7-16(14)24-12)17(27)11-30-13(2)21-25-22(28)20-15(10-31-23(20)26-21)18-8-5-9-29-18/h3-10,13,24H,11H2,1-2H3,(H,25,26,28). The maximum absolute atomic E-state index is 12.9. The first-order valence-corrected chi connectivity index (χ1v) is 11.7. The number of nitrogens with zero attached hydrogens (tertiary/aromatic N) is 1. The monoisotopic (exact) mass is 449 g/mol. The van der Waals surface area contributed by atoms with E-state index in [1.165, 1.54) is 23.1 Å². The second kappa shape index (κ2) is 7.86. The molecule has 6 nitrogen and oxygen atoms in total. The predicted octanol–water partition coefficient (Wildman–Crippen LogP) is 5.71. The summed E-state index contributed by atoms with van der Waals surface area (Å²) in [5, 5.41) is 3.22. The van der Waals surface area contributed by atoms with Gasteiger partial charge in [0.1, 0.15) is 16.4 Å². The smallest absolute Gasteiger partial charge is 0.260 e. The highest BCUT2D eigenvalue weighted by Gasteiger charge is 2.20. The lowest BCUT2D eigenvalue weighted by molar-refractivity contribution is 0.102. The summed E-state index contributed by atoms with van der Waals surface area (Å²) < 4.78 is 5.44. The lowest BCUT2D eigenvalue weighted by Crippen LogP contribution is -2.13. The zero-order valence-electron chi connectivity index (χ0n) is 16.9. The third-order valence-corrected chi connectivity index (χ3v) is 7.30. The van der Waals surface area contributed by atoms with E-state index >= 15 is 0 Å². The van der Waals surface area contributed by atoms with Gasteiger partial charge < -0.3 is 14.4 Å². The number of furan rings is 1. The Morgan fingerprint density at radius 2 is 2.06 bits per heavy atom. The third kappa shape index (κ3) is 3.51. The number of carbonyl (C=O) groups excluding carboxylic acids is 1. The van der Waals surface area contributed by atoms with E-state index in [0.717, 1.165) is 27.7 Å². The van der Waals surface area contributed by atoms with Crippen LogP contribution in [0.5, 0.6) is 0 Å². The van der Waals surface area contributed by atoms with Gasteiger partial charge in [0.15, 0.2) is 5.78 Å². The second-order valence-corrected chi connectivity index (χ2v) is 9.49. The van der Waals surface area contributed by atoms with Crippen molar-refractivity contribution in [2.75, 3.05) is 5.75 Å². The first kappa shape index (κ1) is 19.8. The van der Waals surface area contributed by atoms with Gasteiger partial charge in [-0.15, -0.1) is 23.1 Å². The molecule has 0 aliphatic carbocycles. The molecule has 0 fully saturated rings. The number of ketones is 1. The van der Waals surface area contributed by atoms with Gasteiger partial charge in [0.05, 0.1) is 22.7 Å². The normalized spacial score (nSPS) is 12.6. The van der Waals surface area contributed by atoms with Crippen molar-refractivity contribution in [2.45, 2.75) is 19.1 Å². The summed E-state index contributed by atoms with van der Waals surface area (Å²) in [5.74, 6) is 1.58. The second-order valence-electron chi connectivity index (χ2n) is 7.30. The number of para-hydroxylation sites is 1. The quantitative estimate of drug-likeness (QED) is 0.324. The van der Waals surface area contributed by atoms with Crippen LogP contribution in [0.15, 0.2) is 57.3 Å². The average Bonchev–Trinajstić information content (AvgIpc) is 3.49. The van der Waals surface area contributed by atoms with Gasteiger partial charge in [-0.3, -0.25) is 9.59 Å². The summed E-state index contributed by atoms with van der Waals surface area (Å²) in [6.07, 6.45) is 1.58. The maximum atomic E-state index is 12.9. The molecule has 1 unspecified atom stereocenters. The zero-order chi connectivity index (χ0) is 21.5. The van der Waals surface area contributed by atoms with Crippen LogP contribution in [-0.4, -0.2) is 26.5 Å². The van der Waals surface area contributed by atoms with Crippen molar-refractivity contribution >= 4 is 50.0 Å². The number of fused-ring (bicyclic) bond motifs is 2. The van der Waals surface area contributed by atoms with Crippen LogP contribution in [0.1, 0.15) is 34.0 Å². The van der Waals surface area contributed by atoms with Crippen LogP contribution >= 0.6 is 23.1 Å². The van der Waals surface area contributed by atoms with E-state index < -0.39 is 0 Å². The summed E-state index contributed by atoms with van der Waals surface area (Å²) >= 11 is 2.88. The van der Waals surface area contributed by atoms with Crippen molar-refractivity contribution in [1.82, 2.24) is 15.0 Å². The van der Waals surface area contributed by atoms with Crippen molar-refractivity contribution in [3.05, 3.63) is 75.5 Å². The molecule has 1 aromatic carbocycles. The minimum atomic E-state index is -0.195. The zero-order valence-corrected chi connectivity index (χ0v) is 18.5. The van der Waals surface area contributed by atoms with Crippen LogP contribution in [0.2, 0.25) is 0 Å². The molecule has 2 N–H and O–H groups in total. The fourth-order valence-electron chi connectivity index (χ4n) is 3.76. The Kier molecular flexibility index (Phi) is 5.03. The molecule has 0 aliphatic heterocycles. The molecular formula is C23H19N3O3S2. The van der Waals surface area contributed by atoms with Crippen LogP contribution in [-0.2, 0) is 0 Å². The fourth-order valence-corrected chi connectivity index (χ4v) is 5.51. The molecule has 0 saturated heterocycles. The minimum Gasteiger partial charge on any atom is -0.464 e. The van der Waals surface area contributed by atoms with E-state index in [1.54, 1.807) is 12.3 Å². The van der Waals surface area contributed by atoms with Crippen LogP contribution in [0.3, 0.4) is 0 Å². The molecule has 4 heterocycles. The number of aryl methyl sites for hydroxylation is 1. The van der Waals surface area contributed by atoms with Crippen LogP contribution < -0.4 is 5.56 Å². The first-order valence-electron chi connectivity index (χ1n) is 9.80. The van der Waals surface area contributed by atoms with Gasteiger partial charge in [-0.25, -0.2) is 4.98 Å². The topological polar surface area (TPSA) is 91.8 Å². The molecular weight excluding hydrogens is 430 g/mol. The number of aromatic nitrogens is 3. The Morgan fingerprint density at radius 1 is 1.23 bits per heavy atom.